The van der Waals surface area contributed by atoms with Crippen molar-refractivity contribution in [1.29, 1.82) is 10.5 Å². The number of carboxylic acids is 1. The molecule has 1 atom stereocenters. The second-order valence-corrected chi connectivity index (χ2v) is 13.1. The SMILES string of the molecule is N#Cc1c(SCc2csc(-c3ccc(Cl)cc3)n2)nc(N2CCCC2)c(C#N)c1-c1ccc(OCCN[C@@H](CCCN)C(=O)O)cc1. The number of thiazole rings is 1. The van der Waals surface area contributed by atoms with Crippen LogP contribution in [0.4, 0.5) is 5.82 Å². The summed E-state index contributed by atoms with van der Waals surface area (Å²) in [5.74, 6) is 0.772. The number of carbonyl (C=O) groups is 1. The van der Waals surface area contributed by atoms with Crippen LogP contribution in [0.25, 0.3) is 21.7 Å². The molecule has 1 aliphatic rings. The van der Waals surface area contributed by atoms with Crippen molar-refractivity contribution in [1.82, 2.24) is 15.3 Å². The van der Waals surface area contributed by atoms with Crippen LogP contribution in [0, 0.1) is 22.7 Å². The number of nitrogens with two attached hydrogens (primary N) is 1. The van der Waals surface area contributed by atoms with E-state index in [0.717, 1.165) is 42.2 Å². The van der Waals surface area contributed by atoms with Gasteiger partial charge in [0, 0.05) is 46.9 Å². The highest BCUT2D eigenvalue weighted by Gasteiger charge is 2.26. The highest BCUT2D eigenvalue weighted by atomic mass is 35.5. The number of thioether (sulfide) groups is 1. The zero-order valence-electron chi connectivity index (χ0n) is 25.6. The van der Waals surface area contributed by atoms with Crippen LogP contribution in [0.1, 0.15) is 42.5 Å². The van der Waals surface area contributed by atoms with Gasteiger partial charge in [0.15, 0.2) is 0 Å². The van der Waals surface area contributed by atoms with Crippen molar-refractivity contribution in [3.63, 3.8) is 0 Å². The number of aliphatic carboxylic acids is 1. The normalized spacial score (nSPS) is 13.2. The maximum Gasteiger partial charge on any atom is 0.320 e. The summed E-state index contributed by atoms with van der Waals surface area (Å²) in [6, 6.07) is 18.8. The highest BCUT2D eigenvalue weighted by Crippen LogP contribution is 2.40. The first-order chi connectivity index (χ1) is 22.9. The van der Waals surface area contributed by atoms with E-state index in [1.807, 2.05) is 41.8 Å². The van der Waals surface area contributed by atoms with E-state index in [1.165, 1.54) is 11.8 Å². The van der Waals surface area contributed by atoms with E-state index in [2.05, 4.69) is 22.4 Å². The fraction of sp³-hybridized carbons (Fsp3) is 0.324. The van der Waals surface area contributed by atoms with Gasteiger partial charge in [0.1, 0.15) is 52.0 Å². The molecule has 5 rings (SSSR count). The quantitative estimate of drug-likeness (QED) is 0.0947. The van der Waals surface area contributed by atoms with Crippen LogP contribution in [-0.4, -0.2) is 59.9 Å². The number of aromatic nitrogens is 2. The number of hydrogen-bond acceptors (Lipinski definition) is 11. The Bertz CT molecular complexity index is 1760. The van der Waals surface area contributed by atoms with Gasteiger partial charge in [-0.15, -0.1) is 11.3 Å². The van der Waals surface area contributed by atoms with E-state index in [4.69, 9.17) is 32.0 Å². The second-order valence-electron chi connectivity index (χ2n) is 10.9. The monoisotopic (exact) mass is 687 g/mol. The molecule has 0 amide bonds. The van der Waals surface area contributed by atoms with E-state index in [9.17, 15) is 20.4 Å². The lowest BCUT2D eigenvalue weighted by Gasteiger charge is -2.22. The van der Waals surface area contributed by atoms with Gasteiger partial charge >= 0.3 is 5.97 Å². The second kappa shape index (κ2) is 16.6. The maximum atomic E-state index is 11.5. The Balaban J connectivity index is 1.37. The minimum Gasteiger partial charge on any atom is -0.492 e. The predicted octanol–water partition coefficient (Wildman–Crippen LogP) is 6.32. The summed E-state index contributed by atoms with van der Waals surface area (Å²) in [5.41, 5.74) is 9.35. The Morgan fingerprint density at radius 2 is 1.79 bits per heavy atom. The molecule has 4 N–H and O–H groups in total. The Kier molecular flexibility index (Phi) is 12.1. The Morgan fingerprint density at radius 3 is 2.45 bits per heavy atom. The van der Waals surface area contributed by atoms with Crippen molar-refractivity contribution in [2.45, 2.75) is 42.5 Å². The number of rotatable bonds is 15. The van der Waals surface area contributed by atoms with Crippen molar-refractivity contribution in [2.75, 3.05) is 37.7 Å². The summed E-state index contributed by atoms with van der Waals surface area (Å²) in [5, 5.41) is 37.3. The first kappa shape index (κ1) is 34.2. The molecule has 0 radical (unpaired) electrons. The van der Waals surface area contributed by atoms with Crippen molar-refractivity contribution in [3.05, 3.63) is 75.8 Å². The number of carboxylic acid groups (broad SMARTS) is 1. The van der Waals surface area contributed by atoms with Crippen molar-refractivity contribution >= 4 is 46.5 Å². The zero-order valence-corrected chi connectivity index (χ0v) is 28.0. The van der Waals surface area contributed by atoms with Gasteiger partial charge in [0.05, 0.1) is 11.3 Å². The van der Waals surface area contributed by atoms with Gasteiger partial charge in [-0.05, 0) is 62.1 Å². The van der Waals surface area contributed by atoms with Gasteiger partial charge in [-0.3, -0.25) is 4.79 Å². The fourth-order valence-corrected chi connectivity index (χ4v) is 7.24. The molecule has 0 saturated carbocycles. The van der Waals surface area contributed by atoms with Crippen LogP contribution in [-0.2, 0) is 10.5 Å². The lowest BCUT2D eigenvalue weighted by molar-refractivity contribution is -0.139. The average Bonchev–Trinajstić information content (AvgIpc) is 3.80. The number of nitriles is 2. The van der Waals surface area contributed by atoms with Crippen LogP contribution in [0.5, 0.6) is 5.75 Å². The number of anilines is 1. The number of halogens is 1. The third-order valence-electron chi connectivity index (χ3n) is 7.67. The van der Waals surface area contributed by atoms with Crippen LogP contribution >= 0.6 is 34.7 Å². The molecule has 0 aliphatic carbocycles. The van der Waals surface area contributed by atoms with E-state index >= 15 is 0 Å². The standard InChI is InChI=1S/C34H34ClN7O3S2/c35-24-9-5-23(6-10-24)32-40-25(20-46-32)21-47-33-28(19-38)30(27(18-37)31(41-33)42-15-1-2-16-42)22-7-11-26(12-8-22)45-17-14-39-29(34(43)44)4-3-13-36/h5-12,20,29,39H,1-4,13-17,21,36H2,(H,43,44)/t29-/m0/s1. The maximum absolute atomic E-state index is 11.5. The molecule has 13 heteroatoms. The van der Waals surface area contributed by atoms with Crippen molar-refractivity contribution in [2.24, 2.45) is 5.73 Å². The molecular weight excluding hydrogens is 654 g/mol. The van der Waals surface area contributed by atoms with Gasteiger partial charge in [0.2, 0.25) is 0 Å². The molecule has 0 bridgehead atoms. The Labute approximate surface area is 287 Å². The van der Waals surface area contributed by atoms with Crippen LogP contribution in [0.3, 0.4) is 0 Å². The topological polar surface area (TPSA) is 161 Å². The van der Waals surface area contributed by atoms with Gasteiger partial charge < -0.3 is 25.8 Å². The van der Waals surface area contributed by atoms with Crippen molar-refractivity contribution in [3.8, 4) is 39.6 Å². The average molecular weight is 688 g/mol. The Hall–Kier alpha value is -4.17. The van der Waals surface area contributed by atoms with Gasteiger partial charge in [-0.1, -0.05) is 47.6 Å². The number of hydrogen-bond donors (Lipinski definition) is 3. The van der Waals surface area contributed by atoms with Gasteiger partial charge in [-0.25, -0.2) is 9.97 Å². The third-order valence-corrected chi connectivity index (χ3v) is 9.87. The minimum atomic E-state index is -0.915. The minimum absolute atomic E-state index is 0.268. The summed E-state index contributed by atoms with van der Waals surface area (Å²) >= 11 is 9.03. The number of pyridine rings is 1. The molecule has 242 valence electrons. The molecule has 1 aliphatic heterocycles. The summed E-state index contributed by atoms with van der Waals surface area (Å²) in [6.45, 7) is 2.64. The highest BCUT2D eigenvalue weighted by molar-refractivity contribution is 7.98. The van der Waals surface area contributed by atoms with Crippen LogP contribution in [0.2, 0.25) is 5.02 Å². The number of ether oxygens (including phenoxy) is 1. The smallest absolute Gasteiger partial charge is 0.320 e. The fourth-order valence-electron chi connectivity index (χ4n) is 5.31. The number of benzene rings is 2. The summed E-state index contributed by atoms with van der Waals surface area (Å²) in [6.07, 6.45) is 3.09. The molecule has 2 aromatic carbocycles. The molecular formula is C34H34ClN7O3S2. The van der Waals surface area contributed by atoms with E-state index < -0.39 is 12.0 Å². The van der Waals surface area contributed by atoms with Crippen LogP contribution in [0.15, 0.2) is 58.9 Å². The predicted molar refractivity (Wildman–Crippen MR) is 186 cm³/mol. The summed E-state index contributed by atoms with van der Waals surface area (Å²) in [7, 11) is 0. The molecule has 47 heavy (non-hydrogen) atoms. The third kappa shape index (κ3) is 8.60. The summed E-state index contributed by atoms with van der Waals surface area (Å²) < 4.78 is 5.85. The molecule has 3 heterocycles. The molecule has 0 spiro atoms. The van der Waals surface area contributed by atoms with Crippen LogP contribution < -0.4 is 20.7 Å². The first-order valence-corrected chi connectivity index (χ1v) is 17.5. The van der Waals surface area contributed by atoms with E-state index in [1.54, 1.807) is 23.5 Å². The summed E-state index contributed by atoms with van der Waals surface area (Å²) in [4.78, 5) is 23.3. The lowest BCUT2D eigenvalue weighted by atomic mass is 9.96. The van der Waals surface area contributed by atoms with Gasteiger partial charge in [0.25, 0.3) is 0 Å². The largest absolute Gasteiger partial charge is 0.492 e. The molecule has 2 aromatic heterocycles. The molecule has 1 saturated heterocycles. The Morgan fingerprint density at radius 1 is 1.09 bits per heavy atom. The molecule has 1 fully saturated rings. The molecule has 10 nitrogen and oxygen atoms in total. The van der Waals surface area contributed by atoms with Gasteiger partial charge in [-0.2, -0.15) is 10.5 Å². The lowest BCUT2D eigenvalue weighted by Crippen LogP contribution is -2.39. The number of nitrogens with zero attached hydrogens (tertiary/aromatic N) is 5. The van der Waals surface area contributed by atoms with E-state index in [-0.39, 0.29) is 6.61 Å². The van der Waals surface area contributed by atoms with E-state index in [0.29, 0.717) is 75.6 Å². The number of nitrogens with one attached hydrogen (secondary N) is 1. The zero-order chi connectivity index (χ0) is 33.2. The van der Waals surface area contributed by atoms with Crippen molar-refractivity contribution < 1.29 is 14.6 Å². The first-order valence-electron chi connectivity index (χ1n) is 15.3. The molecule has 4 aromatic rings. The molecule has 0 unspecified atom stereocenters.